The number of hydrogen-bond donors (Lipinski definition) is 1. The first-order valence-corrected chi connectivity index (χ1v) is 13.0. The first-order valence-electron chi connectivity index (χ1n) is 13.0. The number of likely N-dealkylation sites (N-methyl/N-ethyl adjacent to an activating group) is 1. The topological polar surface area (TPSA) is 85.4 Å². The number of benzene rings is 2. The van der Waals surface area contributed by atoms with Crippen molar-refractivity contribution in [2.75, 3.05) is 33.8 Å². The maximum atomic E-state index is 13.7. The van der Waals surface area contributed by atoms with E-state index < -0.39 is 12.2 Å². The lowest BCUT2D eigenvalue weighted by Crippen LogP contribution is -2.73. The van der Waals surface area contributed by atoms with E-state index >= 15 is 0 Å². The average molecular weight is 508 g/mol. The normalized spacial score (nSPS) is 20.1. The van der Waals surface area contributed by atoms with Gasteiger partial charge in [0.2, 0.25) is 11.8 Å². The molecule has 9 nitrogen and oxygen atoms in total. The molecule has 2 aromatic carbocycles. The van der Waals surface area contributed by atoms with Crippen LogP contribution in [0.25, 0.3) is 0 Å². The summed E-state index contributed by atoms with van der Waals surface area (Å²) in [6, 6.07) is 15.8. The molecular formula is C28H37N5O4. The van der Waals surface area contributed by atoms with E-state index in [0.29, 0.717) is 13.1 Å². The summed E-state index contributed by atoms with van der Waals surface area (Å²) in [7, 11) is 3.35. The number of rotatable bonds is 9. The molecule has 9 heteroatoms. The fraction of sp³-hybridized carbons (Fsp3) is 0.464. The highest BCUT2D eigenvalue weighted by Gasteiger charge is 2.51. The molecule has 0 saturated carbocycles. The first-order chi connectivity index (χ1) is 17.9. The van der Waals surface area contributed by atoms with Crippen molar-refractivity contribution >= 4 is 17.8 Å². The number of ether oxygens (including phenoxy) is 1. The Bertz CT molecular complexity index is 1080. The van der Waals surface area contributed by atoms with Crippen LogP contribution in [0.4, 0.5) is 4.79 Å². The van der Waals surface area contributed by atoms with Crippen LogP contribution in [0.15, 0.2) is 54.6 Å². The van der Waals surface area contributed by atoms with Crippen molar-refractivity contribution in [2.24, 2.45) is 0 Å². The van der Waals surface area contributed by atoms with Crippen molar-refractivity contribution < 1.29 is 19.1 Å². The number of hydrogen-bond acceptors (Lipinski definition) is 5. The Balaban J connectivity index is 1.58. The number of carbonyl (C=O) groups excluding carboxylic acids is 3. The first kappa shape index (κ1) is 26.5. The molecule has 0 aliphatic carbocycles. The number of fused-ring (bicyclic) bond motifs is 1. The van der Waals surface area contributed by atoms with Gasteiger partial charge in [-0.3, -0.25) is 9.59 Å². The molecule has 37 heavy (non-hydrogen) atoms. The summed E-state index contributed by atoms with van der Waals surface area (Å²) in [5.41, 5.74) is 1.69. The van der Waals surface area contributed by atoms with Crippen LogP contribution in [-0.4, -0.2) is 77.6 Å². The highest BCUT2D eigenvalue weighted by molar-refractivity contribution is 5.92. The molecule has 0 bridgehead atoms. The Morgan fingerprint density at radius 2 is 1.76 bits per heavy atom. The number of methoxy groups -OCH3 is 1. The van der Waals surface area contributed by atoms with E-state index in [2.05, 4.69) is 12.2 Å². The summed E-state index contributed by atoms with van der Waals surface area (Å²) < 4.78 is 5.21. The number of urea groups is 1. The number of nitrogens with one attached hydrogen (secondary N) is 1. The minimum atomic E-state index is -0.760. The molecule has 2 heterocycles. The van der Waals surface area contributed by atoms with Gasteiger partial charge in [0.15, 0.2) is 0 Å². The number of unbranched alkanes of at least 4 members (excludes halogenated alkanes) is 3. The van der Waals surface area contributed by atoms with Crippen LogP contribution in [0.1, 0.15) is 49.8 Å². The maximum Gasteiger partial charge on any atom is 0.334 e. The van der Waals surface area contributed by atoms with Gasteiger partial charge in [0.25, 0.3) is 0 Å². The van der Waals surface area contributed by atoms with Gasteiger partial charge in [-0.25, -0.2) is 14.8 Å². The second-order valence-electron chi connectivity index (χ2n) is 9.61. The van der Waals surface area contributed by atoms with Crippen LogP contribution in [0.5, 0.6) is 5.75 Å². The van der Waals surface area contributed by atoms with Gasteiger partial charge in [0.05, 0.1) is 20.2 Å². The minimum Gasteiger partial charge on any atom is -0.497 e. The molecule has 0 aromatic heterocycles. The quantitative estimate of drug-likeness (QED) is 0.526. The van der Waals surface area contributed by atoms with Crippen LogP contribution < -0.4 is 10.1 Å². The Labute approximate surface area is 218 Å². The Morgan fingerprint density at radius 1 is 1.03 bits per heavy atom. The summed E-state index contributed by atoms with van der Waals surface area (Å²) >= 11 is 0. The summed E-state index contributed by atoms with van der Waals surface area (Å²) in [5.74, 6) is 0.493. The predicted molar refractivity (Wildman–Crippen MR) is 140 cm³/mol. The van der Waals surface area contributed by atoms with Crippen LogP contribution >= 0.6 is 0 Å². The van der Waals surface area contributed by atoms with Gasteiger partial charge in [-0.05, 0) is 29.7 Å². The van der Waals surface area contributed by atoms with Crippen LogP contribution in [0, 0.1) is 0 Å². The predicted octanol–water partition coefficient (Wildman–Crippen LogP) is 3.39. The van der Waals surface area contributed by atoms with Gasteiger partial charge in [0, 0.05) is 20.1 Å². The average Bonchev–Trinajstić information content (AvgIpc) is 2.91. The van der Waals surface area contributed by atoms with Gasteiger partial charge in [-0.2, -0.15) is 0 Å². The minimum absolute atomic E-state index is 0.0135. The molecule has 1 N–H and O–H groups in total. The number of carbonyl (C=O) groups is 3. The van der Waals surface area contributed by atoms with Crippen LogP contribution in [-0.2, 0) is 16.1 Å². The molecule has 0 radical (unpaired) electrons. The molecule has 2 aliphatic rings. The zero-order valence-electron chi connectivity index (χ0n) is 21.9. The molecule has 4 amide bonds. The largest absolute Gasteiger partial charge is 0.497 e. The molecule has 0 unspecified atom stereocenters. The summed E-state index contributed by atoms with van der Waals surface area (Å²) in [6.45, 7) is 3.38. The molecule has 4 rings (SSSR count). The fourth-order valence-corrected chi connectivity index (χ4v) is 5.09. The lowest BCUT2D eigenvalue weighted by atomic mass is 9.98. The van der Waals surface area contributed by atoms with Crippen molar-refractivity contribution in [1.29, 1.82) is 0 Å². The van der Waals surface area contributed by atoms with Crippen LogP contribution in [0.3, 0.4) is 0 Å². The third-order valence-corrected chi connectivity index (χ3v) is 7.04. The lowest BCUT2D eigenvalue weighted by Gasteiger charge is -2.54. The van der Waals surface area contributed by atoms with E-state index in [9.17, 15) is 14.4 Å². The summed E-state index contributed by atoms with van der Waals surface area (Å²) in [5, 5.41) is 6.23. The highest BCUT2D eigenvalue weighted by Crippen LogP contribution is 2.34. The van der Waals surface area contributed by atoms with E-state index in [-0.39, 0.29) is 30.9 Å². The molecule has 2 saturated heterocycles. The molecule has 2 aromatic rings. The molecule has 0 spiro atoms. The van der Waals surface area contributed by atoms with E-state index in [1.165, 1.54) is 0 Å². The van der Waals surface area contributed by atoms with E-state index in [4.69, 9.17) is 4.74 Å². The second-order valence-corrected chi connectivity index (χ2v) is 9.61. The summed E-state index contributed by atoms with van der Waals surface area (Å²) in [6.07, 6.45) is 3.55. The number of amides is 4. The van der Waals surface area contributed by atoms with E-state index in [1.807, 2.05) is 59.5 Å². The van der Waals surface area contributed by atoms with Crippen molar-refractivity contribution in [2.45, 2.75) is 51.4 Å². The lowest BCUT2D eigenvalue weighted by molar-refractivity contribution is -0.187. The third-order valence-electron chi connectivity index (χ3n) is 7.04. The molecule has 2 atom stereocenters. The zero-order chi connectivity index (χ0) is 26.4. The Hall–Kier alpha value is -3.59. The number of hydrazine groups is 1. The monoisotopic (exact) mass is 507 g/mol. The van der Waals surface area contributed by atoms with E-state index in [0.717, 1.165) is 42.6 Å². The summed E-state index contributed by atoms with van der Waals surface area (Å²) in [4.78, 5) is 44.0. The third kappa shape index (κ3) is 5.88. The van der Waals surface area contributed by atoms with Gasteiger partial charge in [-0.1, -0.05) is 68.7 Å². The standard InChI is InChI=1S/C28H37N5O4/c1-4-5-6-10-17-31-19-24-32(26(27(31)35)22-11-8-7-9-12-22)25(34)20-30(2)33(24)28(36)29-18-21-13-15-23(37-3)16-14-21/h7-9,11-16,24,26H,4-6,10,17-20H2,1-3H3,(H,29,36)/t24-,26-/m0/s1. The molecule has 2 aliphatic heterocycles. The Kier molecular flexibility index (Phi) is 8.66. The van der Waals surface area contributed by atoms with Gasteiger partial charge in [-0.15, -0.1) is 0 Å². The fourth-order valence-electron chi connectivity index (χ4n) is 5.09. The van der Waals surface area contributed by atoms with Crippen molar-refractivity contribution in [3.63, 3.8) is 0 Å². The van der Waals surface area contributed by atoms with Gasteiger partial charge >= 0.3 is 6.03 Å². The highest BCUT2D eigenvalue weighted by atomic mass is 16.5. The maximum absolute atomic E-state index is 13.7. The number of nitrogens with zero attached hydrogens (tertiary/aromatic N) is 4. The van der Waals surface area contributed by atoms with Gasteiger partial charge in [0.1, 0.15) is 18.0 Å². The number of piperazine rings is 1. The molecular weight excluding hydrogens is 470 g/mol. The second kappa shape index (κ2) is 12.1. The van der Waals surface area contributed by atoms with Crippen molar-refractivity contribution in [3.05, 3.63) is 65.7 Å². The molecule has 2 fully saturated rings. The van der Waals surface area contributed by atoms with Crippen molar-refractivity contribution in [3.8, 4) is 5.75 Å². The van der Waals surface area contributed by atoms with Crippen LogP contribution in [0.2, 0.25) is 0 Å². The van der Waals surface area contributed by atoms with Crippen molar-refractivity contribution in [1.82, 2.24) is 25.1 Å². The Morgan fingerprint density at radius 3 is 2.43 bits per heavy atom. The smallest absolute Gasteiger partial charge is 0.334 e. The van der Waals surface area contributed by atoms with Gasteiger partial charge < -0.3 is 19.9 Å². The SMILES string of the molecule is CCCCCCN1C[C@H]2N(C(=O)CN(C)N2C(=O)NCc2ccc(OC)cc2)[C@@H](c2ccccc2)C1=O. The molecule has 198 valence electrons. The zero-order valence-corrected chi connectivity index (χ0v) is 21.9. The van der Waals surface area contributed by atoms with E-state index in [1.54, 1.807) is 29.1 Å².